The number of rotatable bonds is 5. The van der Waals surface area contributed by atoms with Gasteiger partial charge in [0.2, 0.25) is 12.7 Å². The molecule has 0 saturated heterocycles. The van der Waals surface area contributed by atoms with Gasteiger partial charge in [-0.3, -0.25) is 9.89 Å². The maximum atomic E-state index is 11.8. The van der Waals surface area contributed by atoms with Crippen LogP contribution in [0.2, 0.25) is 0 Å². The molecule has 0 spiro atoms. The van der Waals surface area contributed by atoms with E-state index < -0.39 is 0 Å². The van der Waals surface area contributed by atoms with E-state index in [4.69, 9.17) is 9.47 Å². The minimum absolute atomic E-state index is 0.0735. The number of anilines is 1. The van der Waals surface area contributed by atoms with Crippen molar-refractivity contribution in [3.63, 3.8) is 0 Å². The highest BCUT2D eigenvalue weighted by molar-refractivity contribution is 5.94. The molecule has 0 bridgehead atoms. The molecule has 7 heteroatoms. The molecule has 0 radical (unpaired) electrons. The number of hydrogen-bond donors (Lipinski definition) is 3. The average Bonchev–Trinajstić information content (AvgIpc) is 3.12. The third-order valence-electron chi connectivity index (χ3n) is 3.19. The van der Waals surface area contributed by atoms with Crippen LogP contribution in [0.3, 0.4) is 0 Å². The Kier molecular flexibility index (Phi) is 3.74. The Bertz CT molecular complexity index is 653. The first-order valence-corrected chi connectivity index (χ1v) is 6.66. The van der Waals surface area contributed by atoms with Gasteiger partial charge in [0.25, 0.3) is 0 Å². The lowest BCUT2D eigenvalue weighted by molar-refractivity contribution is -0.116. The number of carbonyl (C=O) groups excluding carboxylic acids is 1. The predicted octanol–water partition coefficient (Wildman–Crippen LogP) is 1.35. The number of ether oxygens (including phenoxy) is 2. The predicted molar refractivity (Wildman–Crippen MR) is 77.3 cm³/mol. The van der Waals surface area contributed by atoms with Crippen molar-refractivity contribution in [3.8, 4) is 22.6 Å². The van der Waals surface area contributed by atoms with Crippen LogP contribution in [0.25, 0.3) is 11.1 Å². The van der Waals surface area contributed by atoms with Crippen molar-refractivity contribution < 1.29 is 14.3 Å². The average molecular weight is 288 g/mol. The topological polar surface area (TPSA) is 88.3 Å². The van der Waals surface area contributed by atoms with E-state index >= 15 is 0 Å². The van der Waals surface area contributed by atoms with Crippen LogP contribution in [0, 0.1) is 0 Å². The molecule has 1 aromatic heterocycles. The second kappa shape index (κ2) is 5.84. The van der Waals surface area contributed by atoms with Gasteiger partial charge in [0.1, 0.15) is 5.82 Å². The summed E-state index contributed by atoms with van der Waals surface area (Å²) in [5.41, 5.74) is 1.71. The number of aromatic amines is 1. The van der Waals surface area contributed by atoms with Crippen LogP contribution in [-0.4, -0.2) is 36.5 Å². The minimum atomic E-state index is -0.0735. The van der Waals surface area contributed by atoms with E-state index in [1.54, 1.807) is 6.20 Å². The van der Waals surface area contributed by atoms with Crippen LogP contribution >= 0.6 is 0 Å². The lowest BCUT2D eigenvalue weighted by atomic mass is 10.1. The largest absolute Gasteiger partial charge is 0.454 e. The summed E-state index contributed by atoms with van der Waals surface area (Å²) in [6.45, 7) is 0.858. The monoisotopic (exact) mass is 288 g/mol. The zero-order chi connectivity index (χ0) is 14.7. The van der Waals surface area contributed by atoms with Crippen molar-refractivity contribution in [2.24, 2.45) is 0 Å². The third kappa shape index (κ3) is 2.82. The van der Waals surface area contributed by atoms with Crippen LogP contribution < -0.4 is 20.1 Å². The van der Waals surface area contributed by atoms with Crippen molar-refractivity contribution in [2.75, 3.05) is 25.7 Å². The highest BCUT2D eigenvalue weighted by Gasteiger charge is 2.16. The van der Waals surface area contributed by atoms with Gasteiger partial charge in [-0.05, 0) is 24.7 Å². The van der Waals surface area contributed by atoms with Crippen molar-refractivity contribution in [2.45, 2.75) is 6.42 Å². The molecule has 1 aromatic carbocycles. The second-order valence-corrected chi connectivity index (χ2v) is 4.63. The Morgan fingerprint density at radius 2 is 2.24 bits per heavy atom. The third-order valence-corrected chi connectivity index (χ3v) is 3.19. The molecule has 0 saturated carbocycles. The first-order chi connectivity index (χ1) is 10.3. The van der Waals surface area contributed by atoms with Gasteiger partial charge in [-0.15, -0.1) is 0 Å². The molecular weight excluding hydrogens is 272 g/mol. The molecule has 2 heterocycles. The molecule has 3 rings (SSSR count). The van der Waals surface area contributed by atoms with E-state index in [0.717, 1.165) is 16.9 Å². The Hall–Kier alpha value is -2.54. The first-order valence-electron chi connectivity index (χ1n) is 6.66. The van der Waals surface area contributed by atoms with E-state index in [1.165, 1.54) is 0 Å². The van der Waals surface area contributed by atoms with E-state index in [9.17, 15) is 4.79 Å². The Labute approximate surface area is 121 Å². The van der Waals surface area contributed by atoms with Gasteiger partial charge in [0.15, 0.2) is 11.5 Å². The zero-order valence-electron chi connectivity index (χ0n) is 11.6. The van der Waals surface area contributed by atoms with Gasteiger partial charge in [-0.2, -0.15) is 5.10 Å². The summed E-state index contributed by atoms with van der Waals surface area (Å²) in [7, 11) is 1.81. The van der Waals surface area contributed by atoms with E-state index in [2.05, 4.69) is 20.8 Å². The summed E-state index contributed by atoms with van der Waals surface area (Å²) in [4.78, 5) is 11.8. The Balaban J connectivity index is 1.80. The van der Waals surface area contributed by atoms with E-state index in [1.807, 2.05) is 25.2 Å². The van der Waals surface area contributed by atoms with Gasteiger partial charge < -0.3 is 20.1 Å². The SMILES string of the molecule is CNCCC(=O)Nc1[nH]ncc1-c1ccc2c(c1)OCO2. The van der Waals surface area contributed by atoms with Crippen molar-refractivity contribution in [1.29, 1.82) is 0 Å². The van der Waals surface area contributed by atoms with Crippen LogP contribution in [-0.2, 0) is 4.79 Å². The van der Waals surface area contributed by atoms with Crippen LogP contribution in [0.5, 0.6) is 11.5 Å². The van der Waals surface area contributed by atoms with Gasteiger partial charge >= 0.3 is 0 Å². The molecule has 7 nitrogen and oxygen atoms in total. The van der Waals surface area contributed by atoms with Crippen molar-refractivity contribution in [1.82, 2.24) is 15.5 Å². The number of fused-ring (bicyclic) bond motifs is 1. The molecule has 0 unspecified atom stereocenters. The molecule has 0 aliphatic carbocycles. The molecule has 2 aromatic rings. The van der Waals surface area contributed by atoms with Crippen LogP contribution in [0.1, 0.15) is 6.42 Å². The smallest absolute Gasteiger partial charge is 0.231 e. The standard InChI is InChI=1S/C14H16N4O3/c1-15-5-4-13(19)17-14-10(7-16-18-14)9-2-3-11-12(6-9)21-8-20-11/h2-3,6-7,15H,4-5,8H2,1H3,(H2,16,17,18,19). The normalized spacial score (nSPS) is 12.4. The molecule has 1 aliphatic rings. The highest BCUT2D eigenvalue weighted by atomic mass is 16.7. The Morgan fingerprint density at radius 1 is 1.38 bits per heavy atom. The van der Waals surface area contributed by atoms with E-state index in [0.29, 0.717) is 24.5 Å². The van der Waals surface area contributed by atoms with Gasteiger partial charge in [-0.25, -0.2) is 0 Å². The molecule has 1 aliphatic heterocycles. The van der Waals surface area contributed by atoms with Gasteiger partial charge in [0.05, 0.1) is 6.20 Å². The minimum Gasteiger partial charge on any atom is -0.454 e. The summed E-state index contributed by atoms with van der Waals surface area (Å²) in [5, 5.41) is 12.6. The molecule has 0 fully saturated rings. The van der Waals surface area contributed by atoms with Gasteiger partial charge in [-0.1, -0.05) is 6.07 Å². The number of amides is 1. The molecule has 110 valence electrons. The lowest BCUT2D eigenvalue weighted by Gasteiger charge is -2.06. The molecule has 1 amide bonds. The molecule has 21 heavy (non-hydrogen) atoms. The Morgan fingerprint density at radius 3 is 3.10 bits per heavy atom. The first kappa shape index (κ1) is 13.4. The number of aromatic nitrogens is 2. The summed E-state index contributed by atoms with van der Waals surface area (Å²) >= 11 is 0. The summed E-state index contributed by atoms with van der Waals surface area (Å²) in [6, 6.07) is 5.62. The fraction of sp³-hybridized carbons (Fsp3) is 0.286. The van der Waals surface area contributed by atoms with E-state index in [-0.39, 0.29) is 12.7 Å². The molecular formula is C14H16N4O3. The number of nitrogens with zero attached hydrogens (tertiary/aromatic N) is 1. The highest BCUT2D eigenvalue weighted by Crippen LogP contribution is 2.37. The van der Waals surface area contributed by atoms with Gasteiger partial charge in [0, 0.05) is 18.5 Å². The number of H-pyrrole nitrogens is 1. The summed E-state index contributed by atoms with van der Waals surface area (Å²) in [6.07, 6.45) is 2.07. The lowest BCUT2D eigenvalue weighted by Crippen LogP contribution is -2.19. The van der Waals surface area contributed by atoms with Crippen molar-refractivity contribution in [3.05, 3.63) is 24.4 Å². The zero-order valence-corrected chi connectivity index (χ0v) is 11.6. The maximum absolute atomic E-state index is 11.8. The van der Waals surface area contributed by atoms with Crippen LogP contribution in [0.4, 0.5) is 5.82 Å². The fourth-order valence-electron chi connectivity index (χ4n) is 2.10. The summed E-state index contributed by atoms with van der Waals surface area (Å²) in [5.74, 6) is 1.92. The number of hydrogen-bond acceptors (Lipinski definition) is 5. The molecule has 0 atom stereocenters. The quantitative estimate of drug-likeness (QED) is 0.773. The number of nitrogens with one attached hydrogen (secondary N) is 3. The van der Waals surface area contributed by atoms with Crippen LogP contribution in [0.15, 0.2) is 24.4 Å². The number of carbonyl (C=O) groups is 1. The summed E-state index contributed by atoms with van der Waals surface area (Å²) < 4.78 is 10.7. The second-order valence-electron chi connectivity index (χ2n) is 4.63. The maximum Gasteiger partial charge on any atom is 0.231 e. The van der Waals surface area contributed by atoms with Crippen molar-refractivity contribution >= 4 is 11.7 Å². The number of benzene rings is 1. The fourth-order valence-corrected chi connectivity index (χ4v) is 2.10. The molecule has 3 N–H and O–H groups in total.